The maximum Gasteiger partial charge on any atom is 0.246 e. The fourth-order valence-electron chi connectivity index (χ4n) is 2.64. The van der Waals surface area contributed by atoms with Gasteiger partial charge < -0.3 is 5.32 Å². The predicted molar refractivity (Wildman–Crippen MR) is 95.3 cm³/mol. The Morgan fingerprint density at radius 1 is 1.16 bits per heavy atom. The maximum atomic E-state index is 12.0. The third-order valence-corrected chi connectivity index (χ3v) is 4.98. The molecule has 130 valence electrons. The molecule has 0 bridgehead atoms. The third-order valence-electron chi connectivity index (χ3n) is 4.07. The Hall–Kier alpha value is -2.54. The van der Waals surface area contributed by atoms with Crippen LogP contribution in [-0.4, -0.2) is 34.2 Å². The normalized spacial score (nSPS) is 14.2. The van der Waals surface area contributed by atoms with Crippen LogP contribution in [0.2, 0.25) is 0 Å². The molecule has 6 nitrogen and oxygen atoms in total. The SMILES string of the molecule is CCc1ccc(Cc2cnc(NC(=O)CN3C(=O)CCC3=O)s2)cc1. The van der Waals surface area contributed by atoms with Gasteiger partial charge >= 0.3 is 0 Å². The lowest BCUT2D eigenvalue weighted by molar-refractivity contribution is -0.141. The number of hydrogen-bond donors (Lipinski definition) is 1. The summed E-state index contributed by atoms with van der Waals surface area (Å²) in [5.74, 6) is -0.997. The molecule has 1 aromatic carbocycles. The van der Waals surface area contributed by atoms with E-state index in [0.29, 0.717) is 5.13 Å². The number of nitrogens with one attached hydrogen (secondary N) is 1. The van der Waals surface area contributed by atoms with Crippen LogP contribution in [0.4, 0.5) is 5.13 Å². The number of rotatable bonds is 6. The number of benzene rings is 1. The Kier molecular flexibility index (Phi) is 5.23. The number of imide groups is 1. The van der Waals surface area contributed by atoms with E-state index < -0.39 is 5.91 Å². The number of carbonyl (C=O) groups is 3. The zero-order chi connectivity index (χ0) is 17.8. The number of aromatic nitrogens is 1. The van der Waals surface area contributed by atoms with Gasteiger partial charge in [-0.1, -0.05) is 31.2 Å². The lowest BCUT2D eigenvalue weighted by atomic mass is 10.1. The Labute approximate surface area is 149 Å². The summed E-state index contributed by atoms with van der Waals surface area (Å²) in [5.41, 5.74) is 2.49. The summed E-state index contributed by atoms with van der Waals surface area (Å²) in [6.07, 6.45) is 3.87. The molecule has 2 heterocycles. The van der Waals surface area contributed by atoms with Crippen LogP contribution in [-0.2, 0) is 27.2 Å². The van der Waals surface area contributed by atoms with Crippen LogP contribution >= 0.6 is 11.3 Å². The summed E-state index contributed by atoms with van der Waals surface area (Å²) >= 11 is 1.39. The van der Waals surface area contributed by atoms with Gasteiger partial charge in [0.1, 0.15) is 6.54 Å². The van der Waals surface area contributed by atoms with Gasteiger partial charge in [-0.15, -0.1) is 11.3 Å². The Bertz CT molecular complexity index is 782. The summed E-state index contributed by atoms with van der Waals surface area (Å²) in [4.78, 5) is 41.3. The Balaban J connectivity index is 1.56. The summed E-state index contributed by atoms with van der Waals surface area (Å²) < 4.78 is 0. The molecule has 1 N–H and O–H groups in total. The molecule has 3 rings (SSSR count). The van der Waals surface area contributed by atoms with Gasteiger partial charge in [-0.3, -0.25) is 19.3 Å². The minimum Gasteiger partial charge on any atom is -0.300 e. The smallest absolute Gasteiger partial charge is 0.246 e. The second-order valence-electron chi connectivity index (χ2n) is 5.90. The first-order valence-electron chi connectivity index (χ1n) is 8.20. The topological polar surface area (TPSA) is 79.4 Å². The molecule has 3 amide bonds. The van der Waals surface area contributed by atoms with Crippen molar-refractivity contribution < 1.29 is 14.4 Å². The van der Waals surface area contributed by atoms with Crippen LogP contribution in [0.25, 0.3) is 0 Å². The predicted octanol–water partition coefficient (Wildman–Crippen LogP) is 2.38. The van der Waals surface area contributed by atoms with Gasteiger partial charge in [0.25, 0.3) is 0 Å². The number of amides is 3. The van der Waals surface area contributed by atoms with Crippen LogP contribution < -0.4 is 5.32 Å². The van der Waals surface area contributed by atoms with E-state index in [1.54, 1.807) is 6.20 Å². The molecule has 0 saturated carbocycles. The fourth-order valence-corrected chi connectivity index (χ4v) is 3.51. The van der Waals surface area contributed by atoms with Gasteiger partial charge in [0, 0.05) is 30.3 Å². The number of thiazole rings is 1. The zero-order valence-electron chi connectivity index (χ0n) is 13.9. The number of anilines is 1. The van der Waals surface area contributed by atoms with Crippen LogP contribution in [0.15, 0.2) is 30.5 Å². The largest absolute Gasteiger partial charge is 0.300 e. The standard InChI is InChI=1S/C18H19N3O3S/c1-2-12-3-5-13(6-4-12)9-14-10-19-18(25-14)20-15(22)11-21-16(23)7-8-17(21)24/h3-6,10H,2,7-9,11H2,1H3,(H,19,20,22). The summed E-state index contributed by atoms with van der Waals surface area (Å²) in [6, 6.07) is 8.43. The summed E-state index contributed by atoms with van der Waals surface area (Å²) in [6.45, 7) is 1.88. The van der Waals surface area contributed by atoms with Gasteiger partial charge in [0.15, 0.2) is 5.13 Å². The van der Waals surface area contributed by atoms with Crippen LogP contribution in [0.5, 0.6) is 0 Å². The molecule has 1 saturated heterocycles. The van der Waals surface area contributed by atoms with E-state index in [1.165, 1.54) is 22.5 Å². The van der Waals surface area contributed by atoms with E-state index >= 15 is 0 Å². The number of likely N-dealkylation sites (tertiary alicyclic amines) is 1. The van der Waals surface area contributed by atoms with Gasteiger partial charge in [-0.25, -0.2) is 4.98 Å². The first kappa shape index (κ1) is 17.3. The summed E-state index contributed by atoms with van der Waals surface area (Å²) in [7, 11) is 0. The minimum absolute atomic E-state index is 0.185. The van der Waals surface area contributed by atoms with Crippen molar-refractivity contribution in [2.24, 2.45) is 0 Å². The number of nitrogens with zero attached hydrogens (tertiary/aromatic N) is 2. The molecule has 25 heavy (non-hydrogen) atoms. The molecule has 1 aromatic heterocycles. The second-order valence-corrected chi connectivity index (χ2v) is 7.02. The molecular weight excluding hydrogens is 338 g/mol. The van der Waals surface area contributed by atoms with Crippen LogP contribution in [0.1, 0.15) is 35.8 Å². The number of carbonyl (C=O) groups excluding carboxylic acids is 3. The lowest BCUT2D eigenvalue weighted by Crippen LogP contribution is -2.36. The molecule has 1 fully saturated rings. The summed E-state index contributed by atoms with van der Waals surface area (Å²) in [5, 5.41) is 3.13. The van der Waals surface area contributed by atoms with Crippen molar-refractivity contribution in [1.82, 2.24) is 9.88 Å². The molecule has 2 aromatic rings. The fraction of sp³-hybridized carbons (Fsp3) is 0.333. The quantitative estimate of drug-likeness (QED) is 0.805. The van der Waals surface area contributed by atoms with E-state index in [4.69, 9.17) is 0 Å². The monoisotopic (exact) mass is 357 g/mol. The van der Waals surface area contributed by atoms with Crippen molar-refractivity contribution >= 4 is 34.2 Å². The van der Waals surface area contributed by atoms with E-state index in [0.717, 1.165) is 22.6 Å². The molecule has 0 spiro atoms. The molecule has 0 aliphatic carbocycles. The molecule has 1 aliphatic heterocycles. The zero-order valence-corrected chi connectivity index (χ0v) is 14.8. The van der Waals surface area contributed by atoms with Crippen molar-refractivity contribution in [2.75, 3.05) is 11.9 Å². The highest BCUT2D eigenvalue weighted by atomic mass is 32.1. The Morgan fingerprint density at radius 3 is 2.44 bits per heavy atom. The first-order chi connectivity index (χ1) is 12.0. The number of hydrogen-bond acceptors (Lipinski definition) is 5. The molecule has 0 radical (unpaired) electrons. The van der Waals surface area contributed by atoms with Crippen LogP contribution in [0, 0.1) is 0 Å². The van der Waals surface area contributed by atoms with Crippen molar-refractivity contribution in [3.63, 3.8) is 0 Å². The van der Waals surface area contributed by atoms with E-state index in [1.807, 2.05) is 0 Å². The molecule has 0 unspecified atom stereocenters. The van der Waals surface area contributed by atoms with E-state index in [2.05, 4.69) is 41.5 Å². The van der Waals surface area contributed by atoms with Gasteiger partial charge in [0.2, 0.25) is 17.7 Å². The first-order valence-corrected chi connectivity index (χ1v) is 9.02. The lowest BCUT2D eigenvalue weighted by Gasteiger charge is -2.12. The average molecular weight is 357 g/mol. The van der Waals surface area contributed by atoms with E-state index in [-0.39, 0.29) is 31.2 Å². The molecule has 1 aliphatic rings. The molecule has 0 atom stereocenters. The van der Waals surface area contributed by atoms with Gasteiger partial charge in [-0.05, 0) is 17.5 Å². The van der Waals surface area contributed by atoms with Gasteiger partial charge in [-0.2, -0.15) is 0 Å². The average Bonchev–Trinajstić information content (AvgIpc) is 3.16. The minimum atomic E-state index is -0.406. The van der Waals surface area contributed by atoms with Crippen molar-refractivity contribution in [3.8, 4) is 0 Å². The van der Waals surface area contributed by atoms with E-state index in [9.17, 15) is 14.4 Å². The molecule has 7 heteroatoms. The van der Waals surface area contributed by atoms with Crippen molar-refractivity contribution in [1.29, 1.82) is 0 Å². The Morgan fingerprint density at radius 2 is 1.80 bits per heavy atom. The molecular formula is C18H19N3O3S. The van der Waals surface area contributed by atoms with Crippen molar-refractivity contribution in [3.05, 3.63) is 46.5 Å². The highest BCUT2D eigenvalue weighted by Crippen LogP contribution is 2.22. The second kappa shape index (κ2) is 7.57. The van der Waals surface area contributed by atoms with Crippen LogP contribution in [0.3, 0.4) is 0 Å². The highest BCUT2D eigenvalue weighted by molar-refractivity contribution is 7.15. The highest BCUT2D eigenvalue weighted by Gasteiger charge is 2.30. The maximum absolute atomic E-state index is 12.0. The third kappa shape index (κ3) is 4.30. The number of aryl methyl sites for hydroxylation is 1. The van der Waals surface area contributed by atoms with Gasteiger partial charge in [0.05, 0.1) is 0 Å². The van der Waals surface area contributed by atoms with Crippen molar-refractivity contribution in [2.45, 2.75) is 32.6 Å².